The molecule has 0 saturated carbocycles. The van der Waals surface area contributed by atoms with E-state index in [9.17, 15) is 4.79 Å². The van der Waals surface area contributed by atoms with E-state index in [-0.39, 0.29) is 12.5 Å². The molecular formula is C13H19N3O2. The summed E-state index contributed by atoms with van der Waals surface area (Å²) in [6.07, 6.45) is 3.40. The highest BCUT2D eigenvalue weighted by Gasteiger charge is 2.23. The van der Waals surface area contributed by atoms with E-state index in [4.69, 9.17) is 5.11 Å². The zero-order chi connectivity index (χ0) is 13.0. The third kappa shape index (κ3) is 2.79. The minimum atomic E-state index is 0.0466. The summed E-state index contributed by atoms with van der Waals surface area (Å²) < 4.78 is 0. The lowest BCUT2D eigenvalue weighted by Gasteiger charge is -2.31. The second kappa shape index (κ2) is 5.82. The van der Waals surface area contributed by atoms with Crippen LogP contribution in [0.3, 0.4) is 0 Å². The van der Waals surface area contributed by atoms with Gasteiger partial charge >= 0.3 is 0 Å². The molecule has 2 N–H and O–H groups in total. The van der Waals surface area contributed by atoms with Gasteiger partial charge in [-0.15, -0.1) is 0 Å². The quantitative estimate of drug-likeness (QED) is 0.837. The highest BCUT2D eigenvalue weighted by atomic mass is 16.3. The molecule has 1 saturated heterocycles. The number of aliphatic hydroxyl groups is 1. The van der Waals surface area contributed by atoms with Crippen LogP contribution in [0.5, 0.6) is 0 Å². The molecule has 98 valence electrons. The van der Waals surface area contributed by atoms with E-state index >= 15 is 0 Å². The summed E-state index contributed by atoms with van der Waals surface area (Å²) in [4.78, 5) is 18.2. The van der Waals surface area contributed by atoms with Crippen molar-refractivity contribution >= 4 is 11.7 Å². The van der Waals surface area contributed by atoms with E-state index in [1.165, 1.54) is 0 Å². The molecule has 18 heavy (non-hydrogen) atoms. The Labute approximate surface area is 107 Å². The number of aliphatic hydroxyl groups excluding tert-OH is 1. The first-order valence-corrected chi connectivity index (χ1v) is 6.28. The van der Waals surface area contributed by atoms with Gasteiger partial charge in [-0.3, -0.25) is 4.79 Å². The molecule has 1 aromatic heterocycles. The summed E-state index contributed by atoms with van der Waals surface area (Å²) in [5.74, 6) is 1.09. The van der Waals surface area contributed by atoms with Crippen LogP contribution in [0.4, 0.5) is 5.82 Å². The highest BCUT2D eigenvalue weighted by molar-refractivity contribution is 5.94. The second-order valence-electron chi connectivity index (χ2n) is 4.60. The lowest BCUT2D eigenvalue weighted by molar-refractivity contribution is 0.0651. The molecule has 5 heteroatoms. The number of hydrogen-bond acceptors (Lipinski definition) is 4. The van der Waals surface area contributed by atoms with Gasteiger partial charge in [0.25, 0.3) is 5.91 Å². The first-order chi connectivity index (χ1) is 8.74. The van der Waals surface area contributed by atoms with E-state index in [0.717, 1.165) is 25.9 Å². The number of nitrogens with one attached hydrogen (secondary N) is 1. The van der Waals surface area contributed by atoms with Gasteiger partial charge in [-0.05, 0) is 30.9 Å². The number of piperidine rings is 1. The zero-order valence-corrected chi connectivity index (χ0v) is 10.6. The fraction of sp³-hybridized carbons (Fsp3) is 0.538. The maximum Gasteiger partial charge on any atom is 0.254 e. The van der Waals surface area contributed by atoms with Gasteiger partial charge in [-0.2, -0.15) is 0 Å². The van der Waals surface area contributed by atoms with E-state index in [1.807, 2.05) is 4.90 Å². The predicted octanol–water partition coefficient (Wildman–Crippen LogP) is 0.968. The summed E-state index contributed by atoms with van der Waals surface area (Å²) in [6.45, 7) is 1.67. The van der Waals surface area contributed by atoms with Crippen molar-refractivity contribution in [3.63, 3.8) is 0 Å². The molecule has 2 heterocycles. The molecule has 0 bridgehead atoms. The fourth-order valence-electron chi connectivity index (χ4n) is 2.20. The summed E-state index contributed by atoms with van der Waals surface area (Å²) in [6, 6.07) is 3.50. The van der Waals surface area contributed by atoms with Crippen LogP contribution in [0.15, 0.2) is 18.3 Å². The maximum absolute atomic E-state index is 12.3. The molecular weight excluding hydrogens is 230 g/mol. The van der Waals surface area contributed by atoms with Gasteiger partial charge in [0.05, 0.1) is 0 Å². The number of nitrogens with zero attached hydrogens (tertiary/aromatic N) is 2. The van der Waals surface area contributed by atoms with Gasteiger partial charge in [0.1, 0.15) is 5.82 Å². The Morgan fingerprint density at radius 3 is 2.89 bits per heavy atom. The molecule has 1 aliphatic heterocycles. The molecule has 2 rings (SSSR count). The van der Waals surface area contributed by atoms with Gasteiger partial charge in [0.15, 0.2) is 0 Å². The SMILES string of the molecule is CNc1cc(C(=O)N2CCC(CO)CC2)ccn1. The molecule has 5 nitrogen and oxygen atoms in total. The van der Waals surface area contributed by atoms with E-state index in [1.54, 1.807) is 25.4 Å². The number of rotatable bonds is 3. The number of aromatic nitrogens is 1. The Balaban J connectivity index is 2.03. The topological polar surface area (TPSA) is 65.5 Å². The number of hydrogen-bond donors (Lipinski definition) is 2. The van der Waals surface area contributed by atoms with Crippen molar-refractivity contribution in [1.82, 2.24) is 9.88 Å². The van der Waals surface area contributed by atoms with Crippen molar-refractivity contribution < 1.29 is 9.90 Å². The molecule has 0 radical (unpaired) electrons. The fourth-order valence-corrected chi connectivity index (χ4v) is 2.20. The van der Waals surface area contributed by atoms with Crippen LogP contribution in [0.25, 0.3) is 0 Å². The average Bonchev–Trinajstić information content (AvgIpc) is 2.46. The van der Waals surface area contributed by atoms with Crippen molar-refractivity contribution in [1.29, 1.82) is 0 Å². The first kappa shape index (κ1) is 12.8. The first-order valence-electron chi connectivity index (χ1n) is 6.28. The number of carbonyl (C=O) groups is 1. The lowest BCUT2D eigenvalue weighted by Crippen LogP contribution is -2.39. The average molecular weight is 249 g/mol. The Hall–Kier alpha value is -1.62. The summed E-state index contributed by atoms with van der Waals surface area (Å²) in [5, 5.41) is 12.0. The largest absolute Gasteiger partial charge is 0.396 e. The van der Waals surface area contributed by atoms with Crippen LogP contribution in [-0.4, -0.2) is 47.6 Å². The van der Waals surface area contributed by atoms with Gasteiger partial charge in [0, 0.05) is 38.5 Å². The van der Waals surface area contributed by atoms with Crippen molar-refractivity contribution in [3.05, 3.63) is 23.9 Å². The van der Waals surface area contributed by atoms with Crippen molar-refractivity contribution in [2.24, 2.45) is 5.92 Å². The third-order valence-electron chi connectivity index (χ3n) is 3.42. The number of likely N-dealkylation sites (tertiary alicyclic amines) is 1. The number of anilines is 1. The third-order valence-corrected chi connectivity index (χ3v) is 3.42. The molecule has 1 amide bonds. The number of amides is 1. The summed E-state index contributed by atoms with van der Waals surface area (Å²) in [5.41, 5.74) is 0.664. The van der Waals surface area contributed by atoms with Gasteiger partial charge in [0.2, 0.25) is 0 Å². The molecule has 0 unspecified atom stereocenters. The van der Waals surface area contributed by atoms with E-state index < -0.39 is 0 Å². The van der Waals surface area contributed by atoms with Crippen LogP contribution in [-0.2, 0) is 0 Å². The maximum atomic E-state index is 12.3. The number of pyridine rings is 1. The number of carbonyl (C=O) groups excluding carboxylic acids is 1. The summed E-state index contributed by atoms with van der Waals surface area (Å²) in [7, 11) is 1.78. The minimum Gasteiger partial charge on any atom is -0.396 e. The van der Waals surface area contributed by atoms with Crippen LogP contribution >= 0.6 is 0 Å². The monoisotopic (exact) mass is 249 g/mol. The van der Waals surface area contributed by atoms with Gasteiger partial charge in [-0.1, -0.05) is 0 Å². The molecule has 0 atom stereocenters. The highest BCUT2D eigenvalue weighted by Crippen LogP contribution is 2.19. The van der Waals surface area contributed by atoms with Crippen LogP contribution < -0.4 is 5.32 Å². The Morgan fingerprint density at radius 1 is 1.56 bits per heavy atom. The van der Waals surface area contributed by atoms with E-state index in [0.29, 0.717) is 17.3 Å². The van der Waals surface area contributed by atoms with Gasteiger partial charge < -0.3 is 15.3 Å². The molecule has 1 aliphatic rings. The van der Waals surface area contributed by atoms with Crippen LogP contribution in [0.1, 0.15) is 23.2 Å². The second-order valence-corrected chi connectivity index (χ2v) is 4.60. The molecule has 1 aromatic rings. The Bertz CT molecular complexity index is 414. The smallest absolute Gasteiger partial charge is 0.254 e. The van der Waals surface area contributed by atoms with Crippen LogP contribution in [0, 0.1) is 5.92 Å². The van der Waals surface area contributed by atoms with Crippen molar-refractivity contribution in [2.45, 2.75) is 12.8 Å². The Kier molecular flexibility index (Phi) is 4.15. The lowest BCUT2D eigenvalue weighted by atomic mass is 9.97. The summed E-state index contributed by atoms with van der Waals surface area (Å²) >= 11 is 0. The molecule has 0 aliphatic carbocycles. The normalized spacial score (nSPS) is 16.7. The molecule has 0 aromatic carbocycles. The molecule has 0 spiro atoms. The minimum absolute atomic E-state index is 0.0466. The zero-order valence-electron chi connectivity index (χ0n) is 10.6. The van der Waals surface area contributed by atoms with Crippen molar-refractivity contribution in [3.8, 4) is 0 Å². The van der Waals surface area contributed by atoms with E-state index in [2.05, 4.69) is 10.3 Å². The van der Waals surface area contributed by atoms with Crippen LogP contribution in [0.2, 0.25) is 0 Å². The van der Waals surface area contributed by atoms with Crippen molar-refractivity contribution in [2.75, 3.05) is 32.1 Å². The van der Waals surface area contributed by atoms with Gasteiger partial charge in [-0.25, -0.2) is 4.98 Å². The standard InChI is InChI=1S/C13H19N3O2/c1-14-12-8-11(2-5-15-12)13(18)16-6-3-10(9-17)4-7-16/h2,5,8,10,17H,3-4,6-7,9H2,1H3,(H,14,15). The predicted molar refractivity (Wildman–Crippen MR) is 69.5 cm³/mol. The molecule has 1 fully saturated rings. The Morgan fingerprint density at radius 2 is 2.28 bits per heavy atom.